The summed E-state index contributed by atoms with van der Waals surface area (Å²) in [6.45, 7) is 0.189. The number of aromatic nitrogens is 1. The first-order valence-corrected chi connectivity index (χ1v) is 7.57. The van der Waals surface area contributed by atoms with E-state index in [1.807, 2.05) is 24.3 Å². The third-order valence-electron chi connectivity index (χ3n) is 3.46. The van der Waals surface area contributed by atoms with Crippen molar-refractivity contribution in [3.63, 3.8) is 0 Å². The van der Waals surface area contributed by atoms with Gasteiger partial charge in [0.25, 0.3) is 0 Å². The lowest BCUT2D eigenvalue weighted by molar-refractivity contribution is -0.402. The van der Waals surface area contributed by atoms with E-state index in [9.17, 15) is 14.9 Å². The number of nitrogens with zero attached hydrogens (tertiary/aromatic N) is 2. The van der Waals surface area contributed by atoms with Gasteiger partial charge < -0.3 is 9.15 Å². The van der Waals surface area contributed by atoms with Crippen LogP contribution < -0.4 is 0 Å². The molecule has 1 aromatic carbocycles. The molecule has 7 nitrogen and oxygen atoms in total. The summed E-state index contributed by atoms with van der Waals surface area (Å²) < 4.78 is 10.3. The molecule has 7 heteroatoms. The first-order valence-electron chi connectivity index (χ1n) is 7.57. The van der Waals surface area contributed by atoms with Gasteiger partial charge in [0, 0.05) is 11.6 Å². The maximum Gasteiger partial charge on any atom is 0.433 e. The van der Waals surface area contributed by atoms with Gasteiger partial charge in [-0.2, -0.15) is 0 Å². The molecule has 0 bridgehead atoms. The number of rotatable bonds is 6. The number of carbonyl (C=O) groups is 1. The second kappa shape index (κ2) is 7.39. The van der Waals surface area contributed by atoms with Gasteiger partial charge in [0.05, 0.1) is 23.8 Å². The highest BCUT2D eigenvalue weighted by molar-refractivity contribution is 6.03. The molecule has 0 unspecified atom stereocenters. The number of para-hydroxylation sites is 1. The average Bonchev–Trinajstić information content (AvgIpc) is 3.10. The molecule has 0 N–H and O–H groups in total. The molecule has 2 heterocycles. The summed E-state index contributed by atoms with van der Waals surface area (Å²) >= 11 is 0. The maximum atomic E-state index is 12.2. The number of fused-ring (bicyclic) bond motifs is 1. The Morgan fingerprint density at radius 3 is 2.88 bits per heavy atom. The minimum absolute atomic E-state index is 0.189. The van der Waals surface area contributed by atoms with Crippen LogP contribution in [0.3, 0.4) is 0 Å². The average molecular weight is 338 g/mol. The quantitative estimate of drug-likeness (QED) is 0.292. The van der Waals surface area contributed by atoms with E-state index in [1.54, 1.807) is 24.4 Å². The molecule has 0 aliphatic carbocycles. The van der Waals surface area contributed by atoms with Crippen LogP contribution >= 0.6 is 0 Å². The van der Waals surface area contributed by atoms with Crippen LogP contribution in [0.4, 0.5) is 5.88 Å². The molecule has 3 rings (SSSR count). The van der Waals surface area contributed by atoms with Gasteiger partial charge >= 0.3 is 11.9 Å². The van der Waals surface area contributed by atoms with E-state index in [-0.39, 0.29) is 12.5 Å². The van der Waals surface area contributed by atoms with E-state index < -0.39 is 10.9 Å². The summed E-state index contributed by atoms with van der Waals surface area (Å²) in [7, 11) is 0. The zero-order chi connectivity index (χ0) is 17.6. The van der Waals surface area contributed by atoms with E-state index >= 15 is 0 Å². The number of furan rings is 1. The van der Waals surface area contributed by atoms with E-state index in [0.29, 0.717) is 17.7 Å². The van der Waals surface area contributed by atoms with Gasteiger partial charge in [0.1, 0.15) is 10.7 Å². The third-order valence-corrected chi connectivity index (χ3v) is 3.46. The number of benzene rings is 1. The monoisotopic (exact) mass is 338 g/mol. The summed E-state index contributed by atoms with van der Waals surface area (Å²) in [5, 5.41) is 11.3. The Labute approximate surface area is 142 Å². The van der Waals surface area contributed by atoms with Gasteiger partial charge in [-0.25, -0.2) is 4.79 Å². The van der Waals surface area contributed by atoms with Crippen LogP contribution in [0.1, 0.15) is 22.5 Å². The number of carbonyl (C=O) groups excluding carboxylic acids is 1. The smallest absolute Gasteiger partial charge is 0.433 e. The van der Waals surface area contributed by atoms with Crippen LogP contribution in [0.5, 0.6) is 0 Å². The normalized spacial score (nSPS) is 11.0. The van der Waals surface area contributed by atoms with Crippen molar-refractivity contribution in [2.24, 2.45) is 0 Å². The SMILES string of the molecule is O=C(OCC/C=C/c1ccc([N+](=O)[O-])o1)c1ccnc2ccccc12. The molecule has 0 atom stereocenters. The van der Waals surface area contributed by atoms with E-state index in [4.69, 9.17) is 9.15 Å². The number of nitro groups is 1. The lowest BCUT2D eigenvalue weighted by Gasteiger charge is -2.06. The van der Waals surface area contributed by atoms with Crippen LogP contribution in [0.25, 0.3) is 17.0 Å². The van der Waals surface area contributed by atoms with Crippen LogP contribution in [0.2, 0.25) is 0 Å². The fraction of sp³-hybridized carbons (Fsp3) is 0.111. The molecule has 126 valence electrons. The Hall–Kier alpha value is -3.48. The highest BCUT2D eigenvalue weighted by Crippen LogP contribution is 2.18. The summed E-state index contributed by atoms with van der Waals surface area (Å²) in [6, 6.07) is 11.8. The zero-order valence-corrected chi connectivity index (χ0v) is 13.1. The number of pyridine rings is 1. The number of hydrogen-bond acceptors (Lipinski definition) is 6. The summed E-state index contributed by atoms with van der Waals surface area (Å²) in [5.41, 5.74) is 1.20. The molecule has 2 aromatic heterocycles. The molecule has 0 amide bonds. The summed E-state index contributed by atoms with van der Waals surface area (Å²) in [6.07, 6.45) is 5.36. The minimum Gasteiger partial charge on any atom is -0.462 e. The second-order valence-corrected chi connectivity index (χ2v) is 5.14. The first kappa shape index (κ1) is 16.4. The number of ether oxygens (including phenoxy) is 1. The summed E-state index contributed by atoms with van der Waals surface area (Å²) in [5.74, 6) is -0.352. The lowest BCUT2D eigenvalue weighted by atomic mass is 10.1. The maximum absolute atomic E-state index is 12.2. The highest BCUT2D eigenvalue weighted by Gasteiger charge is 2.11. The summed E-state index contributed by atoms with van der Waals surface area (Å²) in [4.78, 5) is 26.3. The Kier molecular flexibility index (Phi) is 4.84. The van der Waals surface area contributed by atoms with Gasteiger partial charge in [0.2, 0.25) is 0 Å². The van der Waals surface area contributed by atoms with Crippen molar-refractivity contribution in [1.82, 2.24) is 4.98 Å². The molecule has 3 aromatic rings. The second-order valence-electron chi connectivity index (χ2n) is 5.14. The predicted octanol–water partition coefficient (Wildman–Crippen LogP) is 4.00. The topological polar surface area (TPSA) is 95.5 Å². The first-order chi connectivity index (χ1) is 12.1. The Balaban J connectivity index is 1.55. The molecule has 0 saturated carbocycles. The van der Waals surface area contributed by atoms with Gasteiger partial charge in [-0.3, -0.25) is 15.1 Å². The molecular weight excluding hydrogens is 324 g/mol. The zero-order valence-electron chi connectivity index (χ0n) is 13.1. The van der Waals surface area contributed by atoms with Crippen molar-refractivity contribution in [2.75, 3.05) is 6.61 Å². The minimum atomic E-state index is -0.599. The van der Waals surface area contributed by atoms with Crippen molar-refractivity contribution in [2.45, 2.75) is 6.42 Å². The number of hydrogen-bond donors (Lipinski definition) is 0. The van der Waals surface area contributed by atoms with Crippen molar-refractivity contribution in [3.05, 3.63) is 76.2 Å². The van der Waals surface area contributed by atoms with Crippen LogP contribution in [0.15, 0.2) is 59.2 Å². The van der Waals surface area contributed by atoms with Crippen molar-refractivity contribution >= 4 is 28.8 Å². The van der Waals surface area contributed by atoms with Crippen molar-refractivity contribution < 1.29 is 18.9 Å². The largest absolute Gasteiger partial charge is 0.462 e. The van der Waals surface area contributed by atoms with E-state index in [1.165, 1.54) is 12.1 Å². The Bertz CT molecular complexity index is 940. The van der Waals surface area contributed by atoms with E-state index in [2.05, 4.69) is 4.98 Å². The Morgan fingerprint density at radius 2 is 2.08 bits per heavy atom. The van der Waals surface area contributed by atoms with Crippen LogP contribution in [0, 0.1) is 10.1 Å². The van der Waals surface area contributed by atoms with E-state index in [0.717, 1.165) is 10.9 Å². The van der Waals surface area contributed by atoms with Crippen LogP contribution in [-0.4, -0.2) is 22.5 Å². The molecular formula is C18H14N2O5. The molecule has 0 saturated heterocycles. The van der Waals surface area contributed by atoms with Crippen molar-refractivity contribution in [1.29, 1.82) is 0 Å². The molecule has 0 spiro atoms. The highest BCUT2D eigenvalue weighted by atomic mass is 16.6. The van der Waals surface area contributed by atoms with Gasteiger partial charge in [-0.1, -0.05) is 24.3 Å². The standard InChI is InChI=1S/C18H14N2O5/c21-18(15-10-11-19-16-7-2-1-6-14(15)16)24-12-4-3-5-13-8-9-17(25-13)20(22)23/h1-3,5-11H,4,12H2/b5-3+. The third kappa shape index (κ3) is 3.89. The number of esters is 1. The molecule has 25 heavy (non-hydrogen) atoms. The van der Waals surface area contributed by atoms with Crippen LogP contribution in [-0.2, 0) is 4.74 Å². The molecule has 0 radical (unpaired) electrons. The van der Waals surface area contributed by atoms with Gasteiger partial charge in [-0.05, 0) is 30.7 Å². The molecule has 0 aliphatic heterocycles. The predicted molar refractivity (Wildman–Crippen MR) is 91.0 cm³/mol. The lowest BCUT2D eigenvalue weighted by Crippen LogP contribution is -2.07. The Morgan fingerprint density at radius 1 is 1.24 bits per heavy atom. The fourth-order valence-electron chi connectivity index (χ4n) is 2.30. The molecule has 0 fully saturated rings. The molecule has 0 aliphatic rings. The van der Waals surface area contributed by atoms with Crippen molar-refractivity contribution in [3.8, 4) is 0 Å². The van der Waals surface area contributed by atoms with Gasteiger partial charge in [0.15, 0.2) is 0 Å². The van der Waals surface area contributed by atoms with Gasteiger partial charge in [-0.15, -0.1) is 0 Å². The fourth-order valence-corrected chi connectivity index (χ4v) is 2.30.